The highest BCUT2D eigenvalue weighted by Crippen LogP contribution is 2.22. The quantitative estimate of drug-likeness (QED) is 0.545. The summed E-state index contributed by atoms with van der Waals surface area (Å²) in [5.41, 5.74) is 1.96. The molecule has 28 heavy (non-hydrogen) atoms. The molecule has 0 bridgehead atoms. The van der Waals surface area contributed by atoms with Crippen LogP contribution in [-0.2, 0) is 0 Å². The summed E-state index contributed by atoms with van der Waals surface area (Å²) in [6, 6.07) is 6.00. The van der Waals surface area contributed by atoms with E-state index in [2.05, 4.69) is 44.9 Å². The minimum atomic E-state index is 0.678. The molecule has 0 spiro atoms. The predicted octanol–water partition coefficient (Wildman–Crippen LogP) is 2.70. The van der Waals surface area contributed by atoms with Gasteiger partial charge in [0.05, 0.1) is 5.69 Å². The van der Waals surface area contributed by atoms with Crippen LogP contribution in [0.3, 0.4) is 0 Å². The summed E-state index contributed by atoms with van der Waals surface area (Å²) in [7, 11) is 4.18. The molecule has 3 N–H and O–H groups in total. The highest BCUT2D eigenvalue weighted by molar-refractivity contribution is 5.63. The maximum Gasteiger partial charge on any atom is 0.225 e. The normalized spacial score (nSPS) is 15.0. The lowest BCUT2D eigenvalue weighted by Gasteiger charge is -2.22. The standard InChI is InChI=1S/C21H33N7/c1-28(2)15-3-9-25-21-26-19(18-7-12-23-13-8-18)16-20(27-21)24-14-6-17-4-10-22-11-5-17/h7-8,12-13,16-17,22H,3-6,9-11,14-15H2,1-2H3,(H2,24,25,26,27). The fourth-order valence-corrected chi connectivity index (χ4v) is 3.46. The molecule has 1 aliphatic rings. The Labute approximate surface area is 168 Å². The first kappa shape index (κ1) is 20.5. The second kappa shape index (κ2) is 10.9. The summed E-state index contributed by atoms with van der Waals surface area (Å²) < 4.78 is 0. The van der Waals surface area contributed by atoms with Crippen LogP contribution in [0.25, 0.3) is 11.3 Å². The Morgan fingerprint density at radius 3 is 2.61 bits per heavy atom. The van der Waals surface area contributed by atoms with Crippen LogP contribution >= 0.6 is 0 Å². The SMILES string of the molecule is CN(C)CCCNc1nc(NCCC2CCNCC2)cc(-c2ccncc2)n1. The third kappa shape index (κ3) is 6.73. The Morgan fingerprint density at radius 2 is 1.86 bits per heavy atom. The first-order chi connectivity index (χ1) is 13.7. The fourth-order valence-electron chi connectivity index (χ4n) is 3.46. The molecule has 7 heteroatoms. The van der Waals surface area contributed by atoms with Crippen LogP contribution in [0.1, 0.15) is 25.7 Å². The Bertz CT molecular complexity index is 699. The number of hydrogen-bond acceptors (Lipinski definition) is 7. The molecule has 0 atom stereocenters. The Kier molecular flexibility index (Phi) is 7.99. The first-order valence-electron chi connectivity index (χ1n) is 10.3. The van der Waals surface area contributed by atoms with Crippen LogP contribution in [0, 0.1) is 5.92 Å². The minimum Gasteiger partial charge on any atom is -0.370 e. The van der Waals surface area contributed by atoms with Gasteiger partial charge in [-0.3, -0.25) is 4.98 Å². The van der Waals surface area contributed by atoms with Gasteiger partial charge in [-0.25, -0.2) is 4.98 Å². The van der Waals surface area contributed by atoms with E-state index >= 15 is 0 Å². The van der Waals surface area contributed by atoms with Gasteiger partial charge in [0, 0.05) is 37.1 Å². The largest absolute Gasteiger partial charge is 0.370 e. The number of anilines is 2. The molecule has 1 saturated heterocycles. The second-order valence-corrected chi connectivity index (χ2v) is 7.69. The average molecular weight is 384 g/mol. The molecule has 0 aliphatic carbocycles. The Hall–Kier alpha value is -2.25. The van der Waals surface area contributed by atoms with Crippen LogP contribution in [0.5, 0.6) is 0 Å². The van der Waals surface area contributed by atoms with Crippen molar-refractivity contribution >= 4 is 11.8 Å². The molecule has 152 valence electrons. The topological polar surface area (TPSA) is 78.0 Å². The van der Waals surface area contributed by atoms with E-state index in [0.717, 1.165) is 62.1 Å². The summed E-state index contributed by atoms with van der Waals surface area (Å²) >= 11 is 0. The smallest absolute Gasteiger partial charge is 0.225 e. The monoisotopic (exact) mass is 383 g/mol. The van der Waals surface area contributed by atoms with Gasteiger partial charge >= 0.3 is 0 Å². The van der Waals surface area contributed by atoms with Crippen molar-refractivity contribution in [2.45, 2.75) is 25.7 Å². The van der Waals surface area contributed by atoms with Crippen LogP contribution in [0.15, 0.2) is 30.6 Å². The van der Waals surface area contributed by atoms with Crippen molar-refractivity contribution in [1.82, 2.24) is 25.2 Å². The minimum absolute atomic E-state index is 0.678. The highest BCUT2D eigenvalue weighted by atomic mass is 15.1. The van der Waals surface area contributed by atoms with E-state index in [1.807, 2.05) is 18.2 Å². The molecule has 2 aromatic rings. The lowest BCUT2D eigenvalue weighted by atomic mass is 9.95. The molecule has 3 heterocycles. The van der Waals surface area contributed by atoms with E-state index in [0.29, 0.717) is 5.95 Å². The number of rotatable bonds is 10. The molecular weight excluding hydrogens is 350 g/mol. The molecule has 2 aromatic heterocycles. The Morgan fingerprint density at radius 1 is 1.07 bits per heavy atom. The molecule has 0 saturated carbocycles. The summed E-state index contributed by atoms with van der Waals surface area (Å²) in [5.74, 6) is 2.36. The molecule has 0 aromatic carbocycles. The average Bonchev–Trinajstić information content (AvgIpc) is 2.72. The van der Waals surface area contributed by atoms with Gasteiger partial charge in [-0.2, -0.15) is 4.98 Å². The molecule has 3 rings (SSSR count). The summed E-state index contributed by atoms with van der Waals surface area (Å²) in [6.45, 7) is 5.12. The molecule has 7 nitrogen and oxygen atoms in total. The van der Waals surface area contributed by atoms with E-state index in [-0.39, 0.29) is 0 Å². The van der Waals surface area contributed by atoms with Gasteiger partial charge in [-0.05, 0) is 77.5 Å². The fraction of sp³-hybridized carbons (Fsp3) is 0.571. The van der Waals surface area contributed by atoms with Crippen molar-refractivity contribution in [3.05, 3.63) is 30.6 Å². The van der Waals surface area contributed by atoms with Crippen LogP contribution in [0.4, 0.5) is 11.8 Å². The van der Waals surface area contributed by atoms with Crippen molar-refractivity contribution in [3.63, 3.8) is 0 Å². The number of piperidine rings is 1. The molecule has 0 radical (unpaired) electrons. The lowest BCUT2D eigenvalue weighted by molar-refractivity contribution is 0.361. The van der Waals surface area contributed by atoms with Gasteiger partial charge < -0.3 is 20.9 Å². The summed E-state index contributed by atoms with van der Waals surface area (Å²) in [4.78, 5) is 15.7. The van der Waals surface area contributed by atoms with Crippen LogP contribution in [-0.4, -0.2) is 66.7 Å². The van der Waals surface area contributed by atoms with E-state index in [1.165, 1.54) is 19.3 Å². The zero-order valence-corrected chi connectivity index (χ0v) is 17.1. The van der Waals surface area contributed by atoms with Crippen molar-refractivity contribution in [3.8, 4) is 11.3 Å². The van der Waals surface area contributed by atoms with Gasteiger partial charge in [-0.15, -0.1) is 0 Å². The molecule has 1 fully saturated rings. The lowest BCUT2D eigenvalue weighted by Crippen LogP contribution is -2.28. The second-order valence-electron chi connectivity index (χ2n) is 7.69. The Balaban J connectivity index is 1.64. The van der Waals surface area contributed by atoms with E-state index in [4.69, 9.17) is 4.98 Å². The number of aromatic nitrogens is 3. The predicted molar refractivity (Wildman–Crippen MR) is 116 cm³/mol. The van der Waals surface area contributed by atoms with Gasteiger partial charge in [0.2, 0.25) is 5.95 Å². The van der Waals surface area contributed by atoms with E-state index in [9.17, 15) is 0 Å². The maximum atomic E-state index is 4.71. The summed E-state index contributed by atoms with van der Waals surface area (Å²) in [6.07, 6.45) is 8.37. The van der Waals surface area contributed by atoms with Crippen LogP contribution < -0.4 is 16.0 Å². The number of pyridine rings is 1. The first-order valence-corrected chi connectivity index (χ1v) is 10.3. The highest BCUT2D eigenvalue weighted by Gasteiger charge is 2.13. The maximum absolute atomic E-state index is 4.71. The molecular formula is C21H33N7. The van der Waals surface area contributed by atoms with Crippen LogP contribution in [0.2, 0.25) is 0 Å². The van der Waals surface area contributed by atoms with E-state index < -0.39 is 0 Å². The van der Waals surface area contributed by atoms with Gasteiger partial charge in [0.1, 0.15) is 5.82 Å². The zero-order valence-electron chi connectivity index (χ0n) is 17.1. The zero-order chi connectivity index (χ0) is 19.6. The molecule has 0 amide bonds. The van der Waals surface area contributed by atoms with Gasteiger partial charge in [0.25, 0.3) is 0 Å². The molecule has 1 aliphatic heterocycles. The van der Waals surface area contributed by atoms with Crippen molar-refractivity contribution in [1.29, 1.82) is 0 Å². The number of hydrogen-bond donors (Lipinski definition) is 3. The van der Waals surface area contributed by atoms with Crippen molar-refractivity contribution in [2.24, 2.45) is 5.92 Å². The van der Waals surface area contributed by atoms with E-state index in [1.54, 1.807) is 12.4 Å². The summed E-state index contributed by atoms with van der Waals surface area (Å²) in [5, 5.41) is 10.3. The van der Waals surface area contributed by atoms with Crippen molar-refractivity contribution in [2.75, 3.05) is 57.5 Å². The molecule has 0 unspecified atom stereocenters. The van der Waals surface area contributed by atoms with Gasteiger partial charge in [-0.1, -0.05) is 0 Å². The van der Waals surface area contributed by atoms with Gasteiger partial charge in [0.15, 0.2) is 0 Å². The third-order valence-corrected chi connectivity index (χ3v) is 5.08. The number of nitrogens with zero attached hydrogens (tertiary/aromatic N) is 4. The third-order valence-electron chi connectivity index (χ3n) is 5.08. The van der Waals surface area contributed by atoms with Crippen molar-refractivity contribution < 1.29 is 0 Å². The number of nitrogens with one attached hydrogen (secondary N) is 3.